The fraction of sp³-hybridized carbons (Fsp3) is 0.667. The van der Waals surface area contributed by atoms with Gasteiger partial charge in [-0.05, 0) is 51.3 Å². The summed E-state index contributed by atoms with van der Waals surface area (Å²) in [4.78, 5) is 17.8. The van der Waals surface area contributed by atoms with Gasteiger partial charge in [-0.3, -0.25) is 4.98 Å². The summed E-state index contributed by atoms with van der Waals surface area (Å²) in [7, 11) is 0. The molecule has 2 heterocycles. The van der Waals surface area contributed by atoms with Crippen molar-refractivity contribution in [2.45, 2.75) is 57.3 Å². The van der Waals surface area contributed by atoms with Gasteiger partial charge in [-0.25, -0.2) is 4.79 Å². The minimum atomic E-state index is -0.822. The van der Waals surface area contributed by atoms with Gasteiger partial charge in [0.2, 0.25) is 0 Å². The molecule has 1 amide bonds. The maximum Gasteiger partial charge on any atom is 0.410 e. The van der Waals surface area contributed by atoms with Crippen LogP contribution < -0.4 is 0 Å². The van der Waals surface area contributed by atoms with E-state index in [1.54, 1.807) is 17.3 Å². The zero-order valence-corrected chi connectivity index (χ0v) is 15.7. The molecule has 6 heteroatoms. The molecule has 1 aromatic heterocycles. The van der Waals surface area contributed by atoms with E-state index in [0.29, 0.717) is 13.1 Å². The zero-order valence-electron chi connectivity index (χ0n) is 14.9. The molecule has 1 aromatic rings. The lowest BCUT2D eigenvalue weighted by atomic mass is 10.1. The Morgan fingerprint density at radius 2 is 1.96 bits per heavy atom. The second kappa shape index (κ2) is 8.72. The highest BCUT2D eigenvalue weighted by Crippen LogP contribution is 2.21. The lowest BCUT2D eigenvalue weighted by Crippen LogP contribution is -2.45. The number of hydrogen-bond acceptors (Lipinski definition) is 4. The van der Waals surface area contributed by atoms with Crippen molar-refractivity contribution in [2.75, 3.05) is 18.8 Å². The molecule has 1 fully saturated rings. The number of likely N-dealkylation sites (tertiary alicyclic amines) is 1. The van der Waals surface area contributed by atoms with Crippen LogP contribution in [0.2, 0.25) is 0 Å². The Balaban J connectivity index is 1.68. The van der Waals surface area contributed by atoms with Gasteiger partial charge in [0.1, 0.15) is 16.6 Å². The monoisotopic (exact) mass is 352 g/mol. The highest BCUT2D eigenvalue weighted by molar-refractivity contribution is 7.92. The lowest BCUT2D eigenvalue weighted by Gasteiger charge is -2.34. The van der Waals surface area contributed by atoms with Gasteiger partial charge in [-0.1, -0.05) is 11.2 Å². The molecule has 1 atom stereocenters. The van der Waals surface area contributed by atoms with Crippen molar-refractivity contribution >= 4 is 17.3 Å². The topological polar surface area (TPSA) is 65.5 Å². The van der Waals surface area contributed by atoms with Gasteiger partial charge < -0.3 is 14.2 Å². The van der Waals surface area contributed by atoms with Crippen LogP contribution in [0, 0.1) is 0 Å². The summed E-state index contributed by atoms with van der Waals surface area (Å²) in [5.74, 6) is 0.722. The molecular formula is C18H28N2O3S. The van der Waals surface area contributed by atoms with E-state index in [4.69, 9.17) is 4.74 Å². The van der Waals surface area contributed by atoms with Gasteiger partial charge in [-0.2, -0.15) is 0 Å². The average molecular weight is 353 g/mol. The van der Waals surface area contributed by atoms with Gasteiger partial charge in [0.05, 0.1) is 0 Å². The van der Waals surface area contributed by atoms with Gasteiger partial charge in [0.15, 0.2) is 0 Å². The number of piperidine rings is 1. The number of carbonyl (C=O) groups excluding carboxylic acids is 1. The lowest BCUT2D eigenvalue weighted by molar-refractivity contribution is 0.0217. The zero-order chi connectivity index (χ0) is 17.6. The second-order valence-electron chi connectivity index (χ2n) is 7.21. The smallest absolute Gasteiger partial charge is 0.410 e. The van der Waals surface area contributed by atoms with E-state index < -0.39 is 16.8 Å². The number of aromatic nitrogens is 1. The largest absolute Gasteiger partial charge is 0.616 e. The SMILES string of the molecule is CC(C)(C)OC(=O)N1CCC([S+]([O-])CCCc2ccncc2)CC1. The number of hydrogen-bond donors (Lipinski definition) is 0. The number of amides is 1. The molecule has 0 N–H and O–H groups in total. The molecule has 1 aliphatic rings. The third kappa shape index (κ3) is 6.32. The highest BCUT2D eigenvalue weighted by atomic mass is 32.2. The second-order valence-corrected chi connectivity index (χ2v) is 9.05. The van der Waals surface area contributed by atoms with Crippen molar-refractivity contribution in [1.29, 1.82) is 0 Å². The van der Waals surface area contributed by atoms with Gasteiger partial charge in [0, 0.05) is 38.3 Å². The highest BCUT2D eigenvalue weighted by Gasteiger charge is 2.31. The summed E-state index contributed by atoms with van der Waals surface area (Å²) in [6.45, 7) is 6.88. The first-order valence-electron chi connectivity index (χ1n) is 8.59. The summed E-state index contributed by atoms with van der Waals surface area (Å²) < 4.78 is 17.9. The van der Waals surface area contributed by atoms with Crippen molar-refractivity contribution in [3.8, 4) is 0 Å². The molecule has 0 radical (unpaired) electrons. The van der Waals surface area contributed by atoms with Crippen molar-refractivity contribution in [1.82, 2.24) is 9.88 Å². The van der Waals surface area contributed by atoms with E-state index in [1.165, 1.54) is 5.56 Å². The van der Waals surface area contributed by atoms with Crippen molar-refractivity contribution in [2.24, 2.45) is 0 Å². The number of aryl methyl sites for hydroxylation is 1. The van der Waals surface area contributed by atoms with E-state index in [0.717, 1.165) is 31.4 Å². The van der Waals surface area contributed by atoms with Crippen molar-refractivity contribution < 1.29 is 14.1 Å². The van der Waals surface area contributed by atoms with Crippen molar-refractivity contribution in [3.63, 3.8) is 0 Å². The first-order valence-corrected chi connectivity index (χ1v) is 9.97. The molecule has 1 aliphatic heterocycles. The standard InChI is InChI=1S/C18H28N2O3S/c1-18(2,3)23-17(21)20-12-8-16(9-13-20)24(22)14-4-5-15-6-10-19-11-7-15/h6-7,10-11,16H,4-5,8-9,12-14H2,1-3H3. The maximum atomic E-state index is 12.5. The molecule has 134 valence electrons. The molecule has 0 aromatic carbocycles. The third-order valence-electron chi connectivity index (χ3n) is 4.03. The molecule has 1 saturated heterocycles. The minimum Gasteiger partial charge on any atom is -0.616 e. The Bertz CT molecular complexity index is 511. The first kappa shape index (κ1) is 19.1. The number of pyridine rings is 1. The van der Waals surface area contributed by atoms with E-state index in [9.17, 15) is 9.35 Å². The van der Waals surface area contributed by atoms with Crippen LogP contribution in [0.15, 0.2) is 24.5 Å². The third-order valence-corrected chi connectivity index (χ3v) is 5.93. The van der Waals surface area contributed by atoms with E-state index in [-0.39, 0.29) is 11.3 Å². The summed E-state index contributed by atoms with van der Waals surface area (Å²) >= 11 is -0.822. The first-order chi connectivity index (χ1) is 11.3. The van der Waals surface area contributed by atoms with E-state index in [1.807, 2.05) is 32.9 Å². The Hall–Kier alpha value is -1.27. The average Bonchev–Trinajstić information content (AvgIpc) is 2.54. The Kier molecular flexibility index (Phi) is 6.92. The molecule has 24 heavy (non-hydrogen) atoms. The van der Waals surface area contributed by atoms with Crippen LogP contribution >= 0.6 is 0 Å². The van der Waals surface area contributed by atoms with E-state index >= 15 is 0 Å². The molecule has 2 rings (SSSR count). The Morgan fingerprint density at radius 3 is 2.54 bits per heavy atom. The van der Waals surface area contributed by atoms with Crippen LogP contribution in [0.5, 0.6) is 0 Å². The summed E-state index contributed by atoms with van der Waals surface area (Å²) in [6.07, 6.45) is 6.76. The minimum absolute atomic E-state index is 0.195. The fourth-order valence-corrected chi connectivity index (χ4v) is 4.26. The molecule has 0 aliphatic carbocycles. The number of ether oxygens (including phenoxy) is 1. The molecule has 1 unspecified atom stereocenters. The van der Waals surface area contributed by atoms with Crippen LogP contribution in [-0.4, -0.2) is 50.2 Å². The Morgan fingerprint density at radius 1 is 1.33 bits per heavy atom. The van der Waals surface area contributed by atoms with Crippen LogP contribution in [0.1, 0.15) is 45.6 Å². The number of rotatable bonds is 5. The predicted octanol–water partition coefficient (Wildman–Crippen LogP) is 3.16. The van der Waals surface area contributed by atoms with Crippen LogP contribution in [0.4, 0.5) is 4.79 Å². The fourth-order valence-electron chi connectivity index (χ4n) is 2.76. The maximum absolute atomic E-state index is 12.5. The summed E-state index contributed by atoms with van der Waals surface area (Å²) in [6, 6.07) is 4.00. The van der Waals surface area contributed by atoms with Crippen LogP contribution in [-0.2, 0) is 22.3 Å². The normalized spacial score (nSPS) is 17.6. The predicted molar refractivity (Wildman–Crippen MR) is 96.4 cm³/mol. The molecule has 5 nitrogen and oxygen atoms in total. The van der Waals surface area contributed by atoms with Crippen LogP contribution in [0.25, 0.3) is 0 Å². The summed E-state index contributed by atoms with van der Waals surface area (Å²) in [5.41, 5.74) is 0.769. The molecule has 0 spiro atoms. The van der Waals surface area contributed by atoms with Gasteiger partial charge >= 0.3 is 6.09 Å². The number of nitrogens with zero attached hydrogens (tertiary/aromatic N) is 2. The summed E-state index contributed by atoms with van der Waals surface area (Å²) in [5, 5.41) is 0.195. The van der Waals surface area contributed by atoms with Gasteiger partial charge in [0.25, 0.3) is 0 Å². The Labute approximate surface area is 148 Å². The number of carbonyl (C=O) groups is 1. The molecule has 0 saturated carbocycles. The van der Waals surface area contributed by atoms with Gasteiger partial charge in [-0.15, -0.1) is 0 Å². The van der Waals surface area contributed by atoms with E-state index in [2.05, 4.69) is 4.98 Å². The van der Waals surface area contributed by atoms with Crippen LogP contribution in [0.3, 0.4) is 0 Å². The quantitative estimate of drug-likeness (QED) is 0.764. The molecular weight excluding hydrogens is 324 g/mol. The van der Waals surface area contributed by atoms with Crippen molar-refractivity contribution in [3.05, 3.63) is 30.1 Å². The molecule has 0 bridgehead atoms.